The van der Waals surface area contributed by atoms with Gasteiger partial charge in [-0.2, -0.15) is 0 Å². The number of aromatic hydroxyl groups is 1. The lowest BCUT2D eigenvalue weighted by Crippen LogP contribution is -2.44. The summed E-state index contributed by atoms with van der Waals surface area (Å²) in [5, 5.41) is 42.0. The molecule has 1 heterocycles. The number of nitrogens with zero attached hydrogens (tertiary/aromatic N) is 2. The molecule has 0 radical (unpaired) electrons. The molecule has 1 aromatic rings. The first-order valence-corrected chi connectivity index (χ1v) is 12.1. The molecular formula is C21H29N5O11S2. The summed E-state index contributed by atoms with van der Waals surface area (Å²) in [5.74, 6) is -4.43. The highest BCUT2D eigenvalue weighted by Gasteiger charge is 2.21. The lowest BCUT2D eigenvalue weighted by atomic mass is 10.2. The molecule has 0 aliphatic carbocycles. The normalized spacial score (nSPS) is 13.3. The number of hydrogen-bond acceptors (Lipinski definition) is 13. The fourth-order valence-electron chi connectivity index (χ4n) is 2.69. The van der Waals surface area contributed by atoms with E-state index in [1.807, 2.05) is 6.92 Å². The van der Waals surface area contributed by atoms with Crippen LogP contribution in [0.4, 0.5) is 5.69 Å². The van der Waals surface area contributed by atoms with E-state index >= 15 is 0 Å². The first-order valence-electron chi connectivity index (χ1n) is 10.9. The van der Waals surface area contributed by atoms with Crippen LogP contribution in [0.25, 0.3) is 0 Å². The van der Waals surface area contributed by atoms with Gasteiger partial charge in [0.05, 0.1) is 31.1 Å². The van der Waals surface area contributed by atoms with E-state index in [2.05, 4.69) is 16.0 Å². The standard InChI is InChI=1S/C11H19N3O7.C5H5NO3.C5H5NOS2/c1-12-8(15)4-13(5-9(16)17)2-3-14(6-10(18)19)7-11(20)21;1-6-2-3(7)5(9)4(2)8;1-2-3-4(7)6-5(8)9-3/h2-7H2,1H3,(H,12,15)(H,16,17)(H,18,19)(H,20,21);6-7H,1H3;2H,1H3,(H,6,7,8)/b;;3-2-. The number of thioether (sulfide) groups is 1. The summed E-state index contributed by atoms with van der Waals surface area (Å²) in [7, 11) is 2.87. The van der Waals surface area contributed by atoms with Crippen LogP contribution in [0.3, 0.4) is 0 Å². The molecule has 16 nitrogen and oxygen atoms in total. The fourth-order valence-corrected chi connectivity index (χ4v) is 3.66. The summed E-state index contributed by atoms with van der Waals surface area (Å²) in [6, 6.07) is 0. The third-order valence-corrected chi connectivity index (χ3v) is 5.78. The van der Waals surface area contributed by atoms with Crippen LogP contribution in [0, 0.1) is 0 Å². The number of amides is 2. The van der Waals surface area contributed by atoms with Crippen LogP contribution in [0.1, 0.15) is 6.92 Å². The second kappa shape index (κ2) is 17.6. The number of aliphatic carboxylic acids is 3. The van der Waals surface area contributed by atoms with Gasteiger partial charge in [0, 0.05) is 27.2 Å². The van der Waals surface area contributed by atoms with E-state index in [1.54, 1.807) is 6.08 Å². The molecule has 1 aromatic carbocycles. The Kier molecular flexibility index (Phi) is 15.9. The molecule has 0 aromatic heterocycles. The number of carboxylic acid groups (broad SMARTS) is 3. The van der Waals surface area contributed by atoms with Gasteiger partial charge in [-0.3, -0.25) is 43.4 Å². The van der Waals surface area contributed by atoms with Crippen molar-refractivity contribution in [1.82, 2.24) is 20.4 Å². The lowest BCUT2D eigenvalue weighted by molar-refractivity contribution is -0.143. The zero-order valence-corrected chi connectivity index (χ0v) is 22.8. The minimum absolute atomic E-state index is 0.0139. The third kappa shape index (κ3) is 13.5. The molecule has 0 spiro atoms. The average Bonchev–Trinajstić information content (AvgIpc) is 3.18. The number of carbonyl (C=O) groups excluding carboxylic acids is 2. The SMILES string of the molecule is C/C=C1\SC(=S)NC1=O.CNC(=O)CN(CCN(CC(=O)O)CC(=O)O)CC(=O)O.CNc1c(O)c(=O)c1=O. The summed E-state index contributed by atoms with van der Waals surface area (Å²) in [6.45, 7) is 0.359. The van der Waals surface area contributed by atoms with E-state index in [9.17, 15) is 33.6 Å². The number of anilines is 1. The number of carbonyl (C=O) groups is 5. The second-order valence-electron chi connectivity index (χ2n) is 7.40. The van der Waals surface area contributed by atoms with Crippen molar-refractivity contribution >= 4 is 63.7 Å². The average molecular weight is 592 g/mol. The predicted molar refractivity (Wildman–Crippen MR) is 145 cm³/mol. The number of hydrogen-bond donors (Lipinski definition) is 7. The van der Waals surface area contributed by atoms with Gasteiger partial charge in [-0.05, 0) is 6.92 Å². The molecule has 0 atom stereocenters. The Labute approximate surface area is 231 Å². The van der Waals surface area contributed by atoms with Gasteiger partial charge in [-0.1, -0.05) is 30.1 Å². The third-order valence-electron chi connectivity index (χ3n) is 4.49. The first-order chi connectivity index (χ1) is 18.2. The molecule has 216 valence electrons. The molecular weight excluding hydrogens is 562 g/mol. The number of thiocarbonyl (C=S) groups is 1. The van der Waals surface area contributed by atoms with Gasteiger partial charge in [0.2, 0.25) is 5.91 Å². The number of nitrogens with one attached hydrogen (secondary N) is 3. The van der Waals surface area contributed by atoms with Crippen LogP contribution in [0.5, 0.6) is 5.75 Å². The zero-order chi connectivity index (χ0) is 30.3. The van der Waals surface area contributed by atoms with Crippen molar-refractivity contribution in [3.8, 4) is 5.75 Å². The smallest absolute Gasteiger partial charge is 0.317 e. The van der Waals surface area contributed by atoms with Crippen molar-refractivity contribution in [3.05, 3.63) is 31.4 Å². The van der Waals surface area contributed by atoms with Crippen LogP contribution < -0.4 is 26.8 Å². The second-order valence-corrected chi connectivity index (χ2v) is 9.12. The molecule has 1 aliphatic rings. The summed E-state index contributed by atoms with van der Waals surface area (Å²) >= 11 is 6.04. The monoisotopic (exact) mass is 591 g/mol. The van der Waals surface area contributed by atoms with Crippen LogP contribution in [-0.2, 0) is 24.0 Å². The number of carboxylic acids is 3. The Hall–Kier alpha value is -3.87. The number of likely N-dealkylation sites (N-methyl/N-ethyl adjacent to an activating group) is 1. The Morgan fingerprint density at radius 2 is 1.36 bits per heavy atom. The number of rotatable bonds is 12. The van der Waals surface area contributed by atoms with E-state index in [0.717, 1.165) is 4.90 Å². The molecule has 2 amide bonds. The Morgan fingerprint density at radius 3 is 1.62 bits per heavy atom. The molecule has 0 unspecified atom stereocenters. The molecule has 1 saturated heterocycles. The van der Waals surface area contributed by atoms with Crippen molar-refractivity contribution in [1.29, 1.82) is 0 Å². The minimum atomic E-state index is -1.19. The van der Waals surface area contributed by atoms with Crippen molar-refractivity contribution in [2.75, 3.05) is 58.7 Å². The minimum Gasteiger partial charge on any atom is -0.502 e. The van der Waals surface area contributed by atoms with Crippen molar-refractivity contribution in [2.45, 2.75) is 6.92 Å². The van der Waals surface area contributed by atoms with Gasteiger partial charge in [0.25, 0.3) is 16.8 Å². The van der Waals surface area contributed by atoms with E-state index < -0.39 is 54.1 Å². The molecule has 39 heavy (non-hydrogen) atoms. The molecule has 2 rings (SSSR count). The molecule has 1 fully saturated rings. The summed E-state index contributed by atoms with van der Waals surface area (Å²) < 4.78 is 0.549. The Bertz CT molecular complexity index is 1160. The van der Waals surface area contributed by atoms with E-state index in [-0.39, 0.29) is 37.1 Å². The first kappa shape index (κ1) is 35.1. The summed E-state index contributed by atoms with van der Waals surface area (Å²) in [6.07, 6.45) is 1.75. The quantitative estimate of drug-likeness (QED) is 0.0764. The van der Waals surface area contributed by atoms with E-state index in [4.69, 9.17) is 32.6 Å². The molecule has 1 aliphatic heterocycles. The van der Waals surface area contributed by atoms with Gasteiger partial charge >= 0.3 is 17.9 Å². The Morgan fingerprint density at radius 1 is 0.897 bits per heavy atom. The Balaban J connectivity index is 0.000000650. The maximum absolute atomic E-state index is 11.3. The van der Waals surface area contributed by atoms with Crippen molar-refractivity contribution in [3.63, 3.8) is 0 Å². The lowest BCUT2D eigenvalue weighted by Gasteiger charge is -2.24. The zero-order valence-electron chi connectivity index (χ0n) is 21.2. The van der Waals surface area contributed by atoms with Crippen LogP contribution in [0.15, 0.2) is 20.6 Å². The van der Waals surface area contributed by atoms with Gasteiger partial charge in [-0.15, -0.1) is 0 Å². The summed E-state index contributed by atoms with van der Waals surface area (Å²) in [4.78, 5) is 77.7. The fraction of sp³-hybridized carbons (Fsp3) is 0.429. The highest BCUT2D eigenvalue weighted by atomic mass is 32.2. The predicted octanol–water partition coefficient (Wildman–Crippen LogP) is -2.34. The van der Waals surface area contributed by atoms with Gasteiger partial charge in [0.15, 0.2) is 5.75 Å². The van der Waals surface area contributed by atoms with Crippen LogP contribution >= 0.6 is 24.0 Å². The van der Waals surface area contributed by atoms with Gasteiger partial charge in [-0.25, -0.2) is 0 Å². The highest BCUT2D eigenvalue weighted by molar-refractivity contribution is 8.26. The maximum atomic E-state index is 11.3. The number of allylic oxidation sites excluding steroid dienone is 1. The highest BCUT2D eigenvalue weighted by Crippen LogP contribution is 2.22. The van der Waals surface area contributed by atoms with Gasteiger partial charge in [0.1, 0.15) is 10.0 Å². The molecule has 0 saturated carbocycles. The van der Waals surface area contributed by atoms with Gasteiger partial charge < -0.3 is 36.4 Å². The van der Waals surface area contributed by atoms with Crippen LogP contribution in [-0.4, -0.2) is 118 Å². The molecule has 7 N–H and O–H groups in total. The maximum Gasteiger partial charge on any atom is 0.317 e. The molecule has 18 heteroatoms. The van der Waals surface area contributed by atoms with E-state index in [1.165, 1.54) is 30.8 Å². The van der Waals surface area contributed by atoms with E-state index in [0.29, 0.717) is 9.23 Å². The van der Waals surface area contributed by atoms with Crippen molar-refractivity contribution < 1.29 is 44.4 Å². The summed E-state index contributed by atoms with van der Waals surface area (Å²) in [5.41, 5.74) is -1.44. The van der Waals surface area contributed by atoms with Crippen LogP contribution in [0.2, 0.25) is 0 Å². The molecule has 0 bridgehead atoms. The van der Waals surface area contributed by atoms with Crippen molar-refractivity contribution in [2.24, 2.45) is 0 Å². The largest absolute Gasteiger partial charge is 0.502 e. The topological polar surface area (TPSA) is 243 Å².